The largest absolute Gasteiger partial charge is 0.421 e. The molecule has 1 nitrogen and oxygen atoms in total. The second-order valence-corrected chi connectivity index (χ2v) is 4.58. The van der Waals surface area contributed by atoms with Gasteiger partial charge in [0.25, 0.3) is 0 Å². The molecular weight excluding hydrogens is 273 g/mol. The van der Waals surface area contributed by atoms with Crippen LogP contribution < -0.4 is 0 Å². The average Bonchev–Trinajstić information content (AvgIpc) is 2.43. The Labute approximate surface area is 93.0 Å². The Morgan fingerprint density at radius 1 is 1.33 bits per heavy atom. The Bertz CT molecular complexity index is 402. The second-order valence-electron chi connectivity index (χ2n) is 3.66. The summed E-state index contributed by atoms with van der Waals surface area (Å²) < 4.78 is 38.7. The Hall–Kier alpha value is -0.550. The summed E-state index contributed by atoms with van der Waals surface area (Å²) in [6, 6.07) is 4.47. The zero-order chi connectivity index (χ0) is 11.3. The summed E-state index contributed by atoms with van der Waals surface area (Å²) in [5.41, 5.74) is -2.12. The van der Waals surface area contributed by atoms with E-state index in [1.54, 1.807) is 6.07 Å². The summed E-state index contributed by atoms with van der Waals surface area (Å²) >= 11 is 3.19. The maximum Gasteiger partial charge on any atom is 0.421 e. The molecule has 0 aliphatic heterocycles. The average molecular weight is 281 g/mol. The molecule has 1 atom stereocenters. The van der Waals surface area contributed by atoms with Gasteiger partial charge < -0.3 is 5.11 Å². The van der Waals surface area contributed by atoms with Gasteiger partial charge in [0, 0.05) is 4.47 Å². The maximum absolute atomic E-state index is 12.7. The van der Waals surface area contributed by atoms with Crippen LogP contribution in [-0.2, 0) is 12.0 Å². The van der Waals surface area contributed by atoms with Crippen molar-refractivity contribution in [2.45, 2.75) is 24.6 Å². The van der Waals surface area contributed by atoms with Crippen molar-refractivity contribution >= 4 is 15.9 Å². The van der Waals surface area contributed by atoms with E-state index < -0.39 is 11.8 Å². The lowest BCUT2D eigenvalue weighted by atomic mass is 9.95. The lowest BCUT2D eigenvalue weighted by molar-refractivity contribution is -0.265. The van der Waals surface area contributed by atoms with Crippen molar-refractivity contribution < 1.29 is 18.3 Å². The molecule has 0 heterocycles. The third kappa shape index (κ3) is 1.58. The minimum absolute atomic E-state index is 0.0156. The van der Waals surface area contributed by atoms with Crippen LogP contribution in [0.3, 0.4) is 0 Å². The van der Waals surface area contributed by atoms with Crippen molar-refractivity contribution in [2.75, 3.05) is 0 Å². The molecule has 0 saturated heterocycles. The van der Waals surface area contributed by atoms with Crippen LogP contribution in [0.2, 0.25) is 0 Å². The number of aryl methyl sites for hydroxylation is 1. The van der Waals surface area contributed by atoms with Crippen LogP contribution in [0, 0.1) is 0 Å². The van der Waals surface area contributed by atoms with Gasteiger partial charge in [-0.05, 0) is 36.1 Å². The zero-order valence-electron chi connectivity index (χ0n) is 7.61. The molecule has 1 N–H and O–H groups in total. The molecule has 1 aliphatic carbocycles. The van der Waals surface area contributed by atoms with Gasteiger partial charge in [-0.25, -0.2) is 0 Å². The molecule has 0 unspecified atom stereocenters. The van der Waals surface area contributed by atoms with Crippen molar-refractivity contribution in [1.82, 2.24) is 0 Å². The molecule has 1 aliphatic rings. The normalized spacial score (nSPS) is 25.4. The number of aliphatic hydroxyl groups is 1. The van der Waals surface area contributed by atoms with E-state index in [1.165, 1.54) is 12.1 Å². The van der Waals surface area contributed by atoms with Crippen molar-refractivity contribution in [3.63, 3.8) is 0 Å². The van der Waals surface area contributed by atoms with Gasteiger partial charge in [0.15, 0.2) is 5.60 Å². The summed E-state index contributed by atoms with van der Waals surface area (Å²) in [6.45, 7) is 0. The molecule has 0 bridgehead atoms. The first-order chi connectivity index (χ1) is 6.84. The van der Waals surface area contributed by atoms with Crippen LogP contribution in [0.4, 0.5) is 13.2 Å². The number of fused-ring (bicyclic) bond motifs is 1. The fourth-order valence-corrected chi connectivity index (χ4v) is 2.33. The Balaban J connectivity index is 2.53. The van der Waals surface area contributed by atoms with Crippen molar-refractivity contribution in [1.29, 1.82) is 0 Å². The van der Waals surface area contributed by atoms with E-state index in [-0.39, 0.29) is 18.4 Å². The molecule has 5 heteroatoms. The molecule has 0 aromatic heterocycles. The summed E-state index contributed by atoms with van der Waals surface area (Å²) in [5.74, 6) is 0. The van der Waals surface area contributed by atoms with E-state index in [4.69, 9.17) is 0 Å². The SMILES string of the molecule is O[C@]1(C(F)(F)F)CCc2cc(Br)ccc21. The molecule has 1 aromatic carbocycles. The highest BCUT2D eigenvalue weighted by molar-refractivity contribution is 9.10. The number of hydrogen-bond donors (Lipinski definition) is 1. The minimum atomic E-state index is -4.61. The van der Waals surface area contributed by atoms with Crippen LogP contribution in [0.25, 0.3) is 0 Å². The molecule has 82 valence electrons. The topological polar surface area (TPSA) is 20.2 Å². The molecule has 0 spiro atoms. The van der Waals surface area contributed by atoms with E-state index in [0.717, 1.165) is 4.47 Å². The highest BCUT2D eigenvalue weighted by Gasteiger charge is 2.57. The predicted octanol–water partition coefficient (Wildman–Crippen LogP) is 3.15. The van der Waals surface area contributed by atoms with Crippen LogP contribution in [0.5, 0.6) is 0 Å². The van der Waals surface area contributed by atoms with Crippen LogP contribution in [-0.4, -0.2) is 11.3 Å². The second kappa shape index (κ2) is 3.22. The van der Waals surface area contributed by atoms with Gasteiger partial charge in [-0.2, -0.15) is 13.2 Å². The van der Waals surface area contributed by atoms with Crippen molar-refractivity contribution in [3.05, 3.63) is 33.8 Å². The number of rotatable bonds is 0. The first-order valence-electron chi connectivity index (χ1n) is 4.42. The highest BCUT2D eigenvalue weighted by Crippen LogP contribution is 2.48. The Morgan fingerprint density at radius 3 is 2.60 bits per heavy atom. The third-order valence-electron chi connectivity index (χ3n) is 2.74. The number of hydrogen-bond acceptors (Lipinski definition) is 1. The predicted molar refractivity (Wildman–Crippen MR) is 52.4 cm³/mol. The molecule has 0 saturated carbocycles. The van der Waals surface area contributed by atoms with Crippen LogP contribution in [0.15, 0.2) is 22.7 Å². The Kier molecular flexibility index (Phi) is 2.35. The third-order valence-corrected chi connectivity index (χ3v) is 3.23. The molecule has 0 fully saturated rings. The quantitative estimate of drug-likeness (QED) is 0.774. The molecule has 0 radical (unpaired) electrons. The molecule has 0 amide bonds. The summed E-state index contributed by atoms with van der Waals surface area (Å²) in [5, 5.41) is 9.63. The monoisotopic (exact) mass is 280 g/mol. The van der Waals surface area contributed by atoms with E-state index in [1.807, 2.05) is 0 Å². The van der Waals surface area contributed by atoms with E-state index in [2.05, 4.69) is 15.9 Å². The fourth-order valence-electron chi connectivity index (χ4n) is 1.92. The van der Waals surface area contributed by atoms with E-state index in [9.17, 15) is 18.3 Å². The first-order valence-corrected chi connectivity index (χ1v) is 5.22. The van der Waals surface area contributed by atoms with Crippen LogP contribution >= 0.6 is 15.9 Å². The fraction of sp³-hybridized carbons (Fsp3) is 0.400. The van der Waals surface area contributed by atoms with E-state index >= 15 is 0 Å². The minimum Gasteiger partial charge on any atom is -0.376 e. The lowest BCUT2D eigenvalue weighted by Gasteiger charge is -2.26. The first kappa shape index (κ1) is 11.0. The van der Waals surface area contributed by atoms with Gasteiger partial charge in [-0.1, -0.05) is 22.0 Å². The lowest BCUT2D eigenvalue weighted by Crippen LogP contribution is -2.40. The van der Waals surface area contributed by atoms with Gasteiger partial charge in [-0.3, -0.25) is 0 Å². The van der Waals surface area contributed by atoms with Gasteiger partial charge in [0.2, 0.25) is 0 Å². The standard InChI is InChI=1S/C10H8BrF3O/c11-7-1-2-8-6(5-7)3-4-9(8,15)10(12,13)14/h1-2,5,15H,3-4H2/t9-/m1/s1. The van der Waals surface area contributed by atoms with Crippen LogP contribution in [0.1, 0.15) is 17.5 Å². The number of alkyl halides is 3. The van der Waals surface area contributed by atoms with E-state index in [0.29, 0.717) is 5.56 Å². The summed E-state index contributed by atoms with van der Waals surface area (Å²) in [4.78, 5) is 0. The van der Waals surface area contributed by atoms with Crippen molar-refractivity contribution in [2.24, 2.45) is 0 Å². The summed E-state index contributed by atoms with van der Waals surface area (Å²) in [6.07, 6.45) is -4.64. The van der Waals surface area contributed by atoms with Gasteiger partial charge in [-0.15, -0.1) is 0 Å². The molecule has 2 rings (SSSR count). The number of halogens is 4. The summed E-state index contributed by atoms with van der Waals surface area (Å²) in [7, 11) is 0. The van der Waals surface area contributed by atoms with Gasteiger partial charge >= 0.3 is 6.18 Å². The molecule has 1 aromatic rings. The highest BCUT2D eigenvalue weighted by atomic mass is 79.9. The maximum atomic E-state index is 12.7. The zero-order valence-corrected chi connectivity index (χ0v) is 9.19. The van der Waals surface area contributed by atoms with Crippen molar-refractivity contribution in [3.8, 4) is 0 Å². The van der Waals surface area contributed by atoms with Gasteiger partial charge in [0.1, 0.15) is 0 Å². The smallest absolute Gasteiger partial charge is 0.376 e. The van der Waals surface area contributed by atoms with Gasteiger partial charge in [0.05, 0.1) is 0 Å². The molecule has 15 heavy (non-hydrogen) atoms. The molecular formula is C10H8BrF3O. The number of benzene rings is 1. The Morgan fingerprint density at radius 2 is 2.00 bits per heavy atom.